The van der Waals surface area contributed by atoms with Crippen molar-refractivity contribution in [1.29, 1.82) is 0 Å². The Morgan fingerprint density at radius 3 is 2.75 bits per heavy atom. The van der Waals surface area contributed by atoms with Crippen LogP contribution in [0.4, 0.5) is 0 Å². The molecule has 0 saturated carbocycles. The predicted octanol–water partition coefficient (Wildman–Crippen LogP) is 1.39. The molecule has 1 rings (SSSR count). The molecule has 0 saturated heterocycles. The van der Waals surface area contributed by atoms with Crippen molar-refractivity contribution < 1.29 is 14.6 Å². The molecule has 12 heavy (non-hydrogen) atoms. The van der Waals surface area contributed by atoms with E-state index in [0.29, 0.717) is 9.58 Å². The number of hydrogen-bond acceptors (Lipinski definition) is 3. The first-order chi connectivity index (χ1) is 5.65. The van der Waals surface area contributed by atoms with Crippen LogP contribution in [0.1, 0.15) is 10.4 Å². The third kappa shape index (κ3) is 1.84. The second-order valence-electron chi connectivity index (χ2n) is 2.00. The van der Waals surface area contributed by atoms with Crippen LogP contribution in [0.15, 0.2) is 12.1 Å². The van der Waals surface area contributed by atoms with Gasteiger partial charge in [-0.2, -0.15) is 0 Å². The van der Waals surface area contributed by atoms with Gasteiger partial charge in [0.05, 0.1) is 12.7 Å². The summed E-state index contributed by atoms with van der Waals surface area (Å²) in [5, 5.41) is 8.64. The van der Waals surface area contributed by atoms with Gasteiger partial charge in [-0.3, -0.25) is 0 Å². The second kappa shape index (κ2) is 3.70. The number of carboxylic acid groups (broad SMARTS) is 1. The van der Waals surface area contributed by atoms with E-state index >= 15 is 0 Å². The highest BCUT2D eigenvalue weighted by Crippen LogP contribution is 2.14. The third-order valence-corrected chi connectivity index (χ3v) is 2.09. The largest absolute Gasteiger partial charge is 0.481 e. The van der Waals surface area contributed by atoms with Gasteiger partial charge in [0.1, 0.15) is 3.70 Å². The van der Waals surface area contributed by atoms with E-state index in [-0.39, 0.29) is 5.56 Å². The fraction of sp³-hybridized carbons (Fsp3) is 0.143. The Kier molecular flexibility index (Phi) is 2.85. The average molecular weight is 279 g/mol. The Hall–Kier alpha value is -0.850. The Labute approximate surface area is 82.7 Å². The summed E-state index contributed by atoms with van der Waals surface area (Å²) in [4.78, 5) is 14.4. The van der Waals surface area contributed by atoms with Crippen molar-refractivity contribution >= 4 is 28.6 Å². The van der Waals surface area contributed by atoms with E-state index in [1.54, 1.807) is 0 Å². The molecule has 5 heteroatoms. The van der Waals surface area contributed by atoms with Gasteiger partial charge >= 0.3 is 5.97 Å². The number of nitrogens with zero attached hydrogens (tertiary/aromatic N) is 1. The molecule has 0 aromatic carbocycles. The molecule has 4 nitrogen and oxygen atoms in total. The minimum atomic E-state index is -0.977. The van der Waals surface area contributed by atoms with Crippen molar-refractivity contribution in [3.63, 3.8) is 0 Å². The summed E-state index contributed by atoms with van der Waals surface area (Å²) < 4.78 is 5.25. The predicted molar refractivity (Wildman–Crippen MR) is 50.5 cm³/mol. The van der Waals surface area contributed by atoms with Crippen LogP contribution >= 0.6 is 22.6 Å². The smallest absolute Gasteiger partial charge is 0.338 e. The molecule has 0 aliphatic heterocycles. The molecule has 0 amide bonds. The van der Waals surface area contributed by atoms with E-state index in [4.69, 9.17) is 9.84 Å². The van der Waals surface area contributed by atoms with Crippen molar-refractivity contribution in [3.8, 4) is 5.88 Å². The molecule has 0 radical (unpaired) electrons. The lowest BCUT2D eigenvalue weighted by Gasteiger charge is -2.00. The van der Waals surface area contributed by atoms with Gasteiger partial charge in [0.15, 0.2) is 0 Å². The number of aromatic nitrogens is 1. The minimum absolute atomic E-state index is 0.191. The number of methoxy groups -OCH3 is 1. The topological polar surface area (TPSA) is 59.4 Å². The lowest BCUT2D eigenvalue weighted by Crippen LogP contribution is -2.02. The van der Waals surface area contributed by atoms with E-state index in [1.165, 1.54) is 19.2 Å². The highest BCUT2D eigenvalue weighted by molar-refractivity contribution is 14.1. The van der Waals surface area contributed by atoms with Gasteiger partial charge in [0.2, 0.25) is 5.88 Å². The van der Waals surface area contributed by atoms with Gasteiger partial charge in [-0.05, 0) is 28.7 Å². The van der Waals surface area contributed by atoms with Crippen LogP contribution in [0.25, 0.3) is 0 Å². The van der Waals surface area contributed by atoms with Crippen molar-refractivity contribution in [1.82, 2.24) is 4.98 Å². The lowest BCUT2D eigenvalue weighted by molar-refractivity contribution is 0.0695. The van der Waals surface area contributed by atoms with Crippen molar-refractivity contribution in [2.75, 3.05) is 7.11 Å². The van der Waals surface area contributed by atoms with Gasteiger partial charge < -0.3 is 9.84 Å². The van der Waals surface area contributed by atoms with Gasteiger partial charge in [-0.1, -0.05) is 0 Å². The molecule has 1 aromatic heterocycles. The van der Waals surface area contributed by atoms with Crippen LogP contribution in [0.5, 0.6) is 5.88 Å². The number of carboxylic acids is 1. The van der Waals surface area contributed by atoms with Crippen molar-refractivity contribution in [2.24, 2.45) is 0 Å². The number of halogens is 1. The monoisotopic (exact) mass is 279 g/mol. The van der Waals surface area contributed by atoms with Gasteiger partial charge in [-0.15, -0.1) is 0 Å². The number of hydrogen-bond donors (Lipinski definition) is 1. The van der Waals surface area contributed by atoms with Crippen LogP contribution in [0, 0.1) is 3.70 Å². The molecule has 0 atom stereocenters. The standard InChI is InChI=1S/C7H6INO3/c1-12-5-3-2-4(7(10)11)6(8)9-5/h2-3H,1H3,(H,10,11). The van der Waals surface area contributed by atoms with Crippen molar-refractivity contribution in [3.05, 3.63) is 21.4 Å². The zero-order valence-corrected chi connectivity index (χ0v) is 8.40. The molecular formula is C7H6INO3. The molecule has 1 aromatic rings. The maximum Gasteiger partial charge on any atom is 0.338 e. The molecule has 64 valence electrons. The summed E-state index contributed by atoms with van der Waals surface area (Å²) in [5.74, 6) is -0.557. The van der Waals surface area contributed by atoms with Crippen LogP contribution in [0.3, 0.4) is 0 Å². The molecule has 0 fully saturated rings. The lowest BCUT2D eigenvalue weighted by atomic mass is 10.3. The Balaban J connectivity index is 3.12. The quantitative estimate of drug-likeness (QED) is 0.656. The van der Waals surface area contributed by atoms with Gasteiger partial charge in [0.25, 0.3) is 0 Å². The number of pyridine rings is 1. The first-order valence-electron chi connectivity index (χ1n) is 3.09. The molecule has 0 unspecified atom stereocenters. The van der Waals surface area contributed by atoms with E-state index in [2.05, 4.69) is 4.98 Å². The van der Waals surface area contributed by atoms with Crippen LogP contribution in [0.2, 0.25) is 0 Å². The summed E-state index contributed by atoms with van der Waals surface area (Å²) in [6, 6.07) is 2.99. The highest BCUT2D eigenvalue weighted by atomic mass is 127. The van der Waals surface area contributed by atoms with Crippen LogP contribution in [-0.4, -0.2) is 23.2 Å². The summed E-state index contributed by atoms with van der Waals surface area (Å²) in [6.07, 6.45) is 0. The second-order valence-corrected chi connectivity index (χ2v) is 3.02. The van der Waals surface area contributed by atoms with Crippen molar-refractivity contribution in [2.45, 2.75) is 0 Å². The highest BCUT2D eigenvalue weighted by Gasteiger charge is 2.09. The number of aromatic carboxylic acids is 1. The van der Waals surface area contributed by atoms with Gasteiger partial charge in [-0.25, -0.2) is 9.78 Å². The third-order valence-electron chi connectivity index (χ3n) is 1.26. The molecule has 0 aliphatic rings. The van der Waals surface area contributed by atoms with E-state index < -0.39 is 5.97 Å². The van der Waals surface area contributed by atoms with E-state index in [9.17, 15) is 4.79 Å². The Morgan fingerprint density at radius 2 is 2.33 bits per heavy atom. The summed E-state index contributed by atoms with van der Waals surface area (Å²) >= 11 is 1.85. The molecular weight excluding hydrogens is 273 g/mol. The first-order valence-corrected chi connectivity index (χ1v) is 4.17. The maximum atomic E-state index is 10.5. The number of ether oxygens (including phenoxy) is 1. The summed E-state index contributed by atoms with van der Waals surface area (Å²) in [7, 11) is 1.48. The van der Waals surface area contributed by atoms with Crippen LogP contribution < -0.4 is 4.74 Å². The zero-order chi connectivity index (χ0) is 9.14. The van der Waals surface area contributed by atoms with E-state index in [0.717, 1.165) is 0 Å². The van der Waals surface area contributed by atoms with E-state index in [1.807, 2.05) is 22.6 Å². The first kappa shape index (κ1) is 9.24. The zero-order valence-electron chi connectivity index (χ0n) is 6.24. The fourth-order valence-electron chi connectivity index (χ4n) is 0.691. The SMILES string of the molecule is COc1ccc(C(=O)O)c(I)n1. The normalized spacial score (nSPS) is 9.50. The minimum Gasteiger partial charge on any atom is -0.481 e. The van der Waals surface area contributed by atoms with Crippen LogP contribution in [-0.2, 0) is 0 Å². The molecule has 0 aliphatic carbocycles. The number of rotatable bonds is 2. The Morgan fingerprint density at radius 1 is 1.67 bits per heavy atom. The maximum absolute atomic E-state index is 10.5. The fourth-order valence-corrected chi connectivity index (χ4v) is 1.34. The summed E-state index contributed by atoms with van der Waals surface area (Å²) in [6.45, 7) is 0. The number of carbonyl (C=O) groups is 1. The molecule has 0 spiro atoms. The molecule has 1 N–H and O–H groups in total. The Bertz CT molecular complexity index is 314. The summed E-state index contributed by atoms with van der Waals surface area (Å²) in [5.41, 5.74) is 0.191. The van der Waals surface area contributed by atoms with Gasteiger partial charge in [0, 0.05) is 6.07 Å². The average Bonchev–Trinajstić information content (AvgIpc) is 2.03. The molecule has 1 heterocycles. The molecule has 0 bridgehead atoms.